The Labute approximate surface area is 111 Å². The number of rotatable bonds is 7. The Morgan fingerprint density at radius 2 is 1.85 bits per heavy atom. The molecule has 1 unspecified atom stereocenters. The third-order valence-electron chi connectivity index (χ3n) is 1.63. The normalized spacial score (nSPS) is 14.7. The fourth-order valence-electron chi connectivity index (χ4n) is 1.00. The zero-order chi connectivity index (χ0) is 9.45. The van der Waals surface area contributed by atoms with Gasteiger partial charge in [-0.3, -0.25) is 4.57 Å². The molecule has 0 aliphatic carbocycles. The molecule has 0 aliphatic rings. The van der Waals surface area contributed by atoms with Crippen LogP contribution in [-0.4, -0.2) is 55.4 Å². The van der Waals surface area contributed by atoms with Gasteiger partial charge in [0.15, 0.2) is 0 Å². The van der Waals surface area contributed by atoms with E-state index in [1.165, 1.54) is 0 Å². The average molecular weight is 236 g/mol. The van der Waals surface area contributed by atoms with Crippen LogP contribution >= 0.6 is 7.60 Å². The van der Waals surface area contributed by atoms with Gasteiger partial charge in [-0.1, -0.05) is 26.2 Å². The first kappa shape index (κ1) is 16.8. The van der Waals surface area contributed by atoms with E-state index in [0.717, 1.165) is 25.7 Å². The van der Waals surface area contributed by atoms with Gasteiger partial charge < -0.3 is 9.42 Å². The molecule has 5 heteroatoms. The maximum absolute atomic E-state index is 11.1. The van der Waals surface area contributed by atoms with Crippen LogP contribution in [0.15, 0.2) is 0 Å². The molecule has 0 aliphatic heterocycles. The summed E-state index contributed by atoms with van der Waals surface area (Å²) in [5.74, 6) is 0. The molecule has 0 rings (SSSR count). The van der Waals surface area contributed by atoms with E-state index >= 15 is 0 Å². The van der Waals surface area contributed by atoms with Crippen molar-refractivity contribution in [1.82, 2.24) is 0 Å². The van der Waals surface area contributed by atoms with Crippen LogP contribution in [0.2, 0.25) is 0 Å². The van der Waals surface area contributed by atoms with Gasteiger partial charge in [0.2, 0.25) is 0 Å². The average Bonchev–Trinajstić information content (AvgIpc) is 1.98. The number of hydrogen-bond donors (Lipinski definition) is 1. The summed E-state index contributed by atoms with van der Waals surface area (Å²) in [6.45, 7) is 4.16. The van der Waals surface area contributed by atoms with Gasteiger partial charge in [0, 0.05) is 6.16 Å². The summed E-state index contributed by atoms with van der Waals surface area (Å²) in [7, 11) is -3.23. The van der Waals surface area contributed by atoms with Crippen LogP contribution in [-0.2, 0) is 9.09 Å². The van der Waals surface area contributed by atoms with Crippen molar-refractivity contribution in [1.29, 1.82) is 0 Å². The first-order valence-electron chi connectivity index (χ1n) is 4.58. The van der Waals surface area contributed by atoms with Crippen LogP contribution in [0.3, 0.4) is 0 Å². The predicted molar refractivity (Wildman–Crippen MR) is 59.0 cm³/mol. The summed E-state index contributed by atoms with van der Waals surface area (Å²) in [4.78, 5) is 9.15. The second-order valence-corrected chi connectivity index (χ2v) is 4.82. The Morgan fingerprint density at radius 3 is 2.31 bits per heavy atom. The molecular weight excluding hydrogens is 215 g/mol. The third kappa shape index (κ3) is 11.3. The van der Waals surface area contributed by atoms with Crippen molar-refractivity contribution in [3.8, 4) is 0 Å². The molecule has 0 heterocycles. The zero-order valence-electron chi connectivity index (χ0n) is 7.95. The van der Waals surface area contributed by atoms with Crippen LogP contribution in [0, 0.1) is 0 Å². The Kier molecular flexibility index (Phi) is 12.9. The molecule has 1 atom stereocenters. The van der Waals surface area contributed by atoms with E-state index in [4.69, 9.17) is 9.42 Å². The topological polar surface area (TPSA) is 46.5 Å². The molecule has 0 saturated heterocycles. The minimum absolute atomic E-state index is 0. The molecule has 0 aromatic rings. The third-order valence-corrected chi connectivity index (χ3v) is 3.17. The van der Waals surface area contributed by atoms with Crippen LogP contribution in [0.4, 0.5) is 0 Å². The van der Waals surface area contributed by atoms with Crippen LogP contribution in [0.5, 0.6) is 0 Å². The van der Waals surface area contributed by atoms with Gasteiger partial charge in [-0.05, 0) is 13.3 Å². The first-order valence-corrected chi connectivity index (χ1v) is 6.35. The summed E-state index contributed by atoms with van der Waals surface area (Å²) >= 11 is 0. The second-order valence-electron chi connectivity index (χ2n) is 2.84. The van der Waals surface area contributed by atoms with E-state index < -0.39 is 7.60 Å². The molecule has 0 aromatic heterocycles. The molecule has 0 bridgehead atoms. The molecule has 0 aromatic carbocycles. The molecule has 3 nitrogen and oxygen atoms in total. The van der Waals surface area contributed by atoms with Crippen molar-refractivity contribution in [3.63, 3.8) is 0 Å². The second kappa shape index (κ2) is 9.95. The van der Waals surface area contributed by atoms with Crippen LogP contribution in [0.1, 0.15) is 39.5 Å². The summed E-state index contributed by atoms with van der Waals surface area (Å²) < 4.78 is 15.8. The fourth-order valence-corrected chi connectivity index (χ4v) is 2.16. The molecule has 13 heavy (non-hydrogen) atoms. The van der Waals surface area contributed by atoms with Crippen molar-refractivity contribution in [2.24, 2.45) is 0 Å². The maximum atomic E-state index is 11.1. The Balaban J connectivity index is 0. The van der Waals surface area contributed by atoms with Crippen molar-refractivity contribution >= 4 is 45.3 Å². The molecule has 78 valence electrons. The van der Waals surface area contributed by atoms with Gasteiger partial charge in [0.25, 0.3) is 0 Å². The van der Waals surface area contributed by atoms with Gasteiger partial charge in [-0.15, -0.1) is 0 Å². The quantitative estimate of drug-likeness (QED) is 0.417. The van der Waals surface area contributed by atoms with E-state index in [2.05, 4.69) is 6.92 Å². The molecule has 0 fully saturated rings. The number of hydrogen-bond acceptors (Lipinski definition) is 2. The summed E-state index contributed by atoms with van der Waals surface area (Å²) in [5, 5.41) is 0. The predicted octanol–water partition coefficient (Wildman–Crippen LogP) is 1.87. The summed E-state index contributed by atoms with van der Waals surface area (Å²) in [5.41, 5.74) is 0. The van der Waals surface area contributed by atoms with Gasteiger partial charge in [0.05, 0.1) is 6.61 Å². The van der Waals surface area contributed by atoms with E-state index in [0.29, 0.717) is 12.8 Å². The van der Waals surface area contributed by atoms with Crippen LogP contribution in [0.25, 0.3) is 0 Å². The Hall–Kier alpha value is 1.41. The van der Waals surface area contributed by atoms with Crippen molar-refractivity contribution in [3.05, 3.63) is 0 Å². The van der Waals surface area contributed by atoms with Gasteiger partial charge >= 0.3 is 45.3 Å². The molecule has 1 N–H and O–H groups in total. The molecule has 0 spiro atoms. The molecule has 0 amide bonds. The monoisotopic (exact) mass is 236 g/mol. The SMILES string of the molecule is CCCCCCP(=O)(O)OCC.[CaH2]. The summed E-state index contributed by atoms with van der Waals surface area (Å²) in [6.07, 6.45) is 4.40. The van der Waals surface area contributed by atoms with Crippen molar-refractivity contribution in [2.75, 3.05) is 12.8 Å². The summed E-state index contributed by atoms with van der Waals surface area (Å²) in [6, 6.07) is 0. The number of unbranched alkanes of at least 4 members (excludes halogenated alkanes) is 3. The minimum atomic E-state index is -3.23. The van der Waals surface area contributed by atoms with E-state index in [1.54, 1.807) is 6.92 Å². The molecular formula is C8H21CaO3P. The molecule has 0 radical (unpaired) electrons. The van der Waals surface area contributed by atoms with Crippen molar-refractivity contribution < 1.29 is 14.0 Å². The molecule has 0 saturated carbocycles. The van der Waals surface area contributed by atoms with E-state index in [9.17, 15) is 4.57 Å². The van der Waals surface area contributed by atoms with Crippen LogP contribution < -0.4 is 0 Å². The van der Waals surface area contributed by atoms with Gasteiger partial charge in [-0.25, -0.2) is 0 Å². The van der Waals surface area contributed by atoms with E-state index in [1.807, 2.05) is 0 Å². The van der Waals surface area contributed by atoms with Crippen molar-refractivity contribution in [2.45, 2.75) is 39.5 Å². The first-order chi connectivity index (χ1) is 5.62. The van der Waals surface area contributed by atoms with Gasteiger partial charge in [0.1, 0.15) is 0 Å². The Morgan fingerprint density at radius 1 is 1.23 bits per heavy atom. The van der Waals surface area contributed by atoms with E-state index in [-0.39, 0.29) is 37.7 Å². The zero-order valence-corrected chi connectivity index (χ0v) is 8.85. The Bertz CT molecular complexity index is 152. The standard InChI is InChI=1S/C8H19O3P.Ca.2H/c1-3-5-6-7-8-12(9,10)11-4-2;;;/h3-8H2,1-2H3,(H,9,10);;;. The van der Waals surface area contributed by atoms with Gasteiger partial charge in [-0.2, -0.15) is 0 Å². The fraction of sp³-hybridized carbons (Fsp3) is 1.00.